The van der Waals surface area contributed by atoms with Crippen molar-refractivity contribution >= 4 is 12.0 Å². The zero-order valence-corrected chi connectivity index (χ0v) is 12.1. The van der Waals surface area contributed by atoms with E-state index in [0.717, 1.165) is 11.1 Å². The van der Waals surface area contributed by atoms with E-state index in [0.29, 0.717) is 6.54 Å². The number of carbonyl (C=O) groups is 1. The zero-order chi connectivity index (χ0) is 15.9. The fraction of sp³-hybridized carbons (Fsp3) is 0.118. The van der Waals surface area contributed by atoms with Crippen LogP contribution in [0.5, 0.6) is 0 Å². The van der Waals surface area contributed by atoms with E-state index in [1.165, 1.54) is 30.3 Å². The second-order valence-corrected chi connectivity index (χ2v) is 4.83. The SMILES string of the molecule is CC(=Cc1cccc(F)c1)CNNC(=O)c1ccccc1F. The molecule has 2 rings (SSSR count). The van der Waals surface area contributed by atoms with Crippen LogP contribution in [0.1, 0.15) is 22.8 Å². The molecule has 2 aromatic carbocycles. The van der Waals surface area contributed by atoms with Gasteiger partial charge in [0.15, 0.2) is 0 Å². The van der Waals surface area contributed by atoms with Crippen LogP contribution < -0.4 is 10.9 Å². The molecule has 0 bridgehead atoms. The van der Waals surface area contributed by atoms with Gasteiger partial charge in [-0.05, 0) is 36.8 Å². The Kier molecular flexibility index (Phi) is 5.38. The summed E-state index contributed by atoms with van der Waals surface area (Å²) in [6.07, 6.45) is 1.80. The van der Waals surface area contributed by atoms with Crippen molar-refractivity contribution in [1.82, 2.24) is 10.9 Å². The van der Waals surface area contributed by atoms with Gasteiger partial charge < -0.3 is 0 Å². The van der Waals surface area contributed by atoms with E-state index in [2.05, 4.69) is 10.9 Å². The highest BCUT2D eigenvalue weighted by Gasteiger charge is 2.09. The summed E-state index contributed by atoms with van der Waals surface area (Å²) in [5.74, 6) is -1.42. The number of benzene rings is 2. The van der Waals surface area contributed by atoms with Gasteiger partial charge in [-0.25, -0.2) is 14.2 Å². The van der Waals surface area contributed by atoms with Crippen LogP contribution in [0.25, 0.3) is 6.08 Å². The Bertz CT molecular complexity index is 699. The molecule has 0 radical (unpaired) electrons. The molecular formula is C17H16F2N2O. The molecule has 2 aromatic rings. The molecule has 0 heterocycles. The Morgan fingerprint density at radius 1 is 1.14 bits per heavy atom. The summed E-state index contributed by atoms with van der Waals surface area (Å²) in [5, 5.41) is 0. The molecule has 22 heavy (non-hydrogen) atoms. The Morgan fingerprint density at radius 3 is 2.64 bits per heavy atom. The van der Waals surface area contributed by atoms with Crippen LogP contribution in [0.2, 0.25) is 0 Å². The molecule has 0 fully saturated rings. The van der Waals surface area contributed by atoms with Crippen LogP contribution in [0.15, 0.2) is 54.1 Å². The number of rotatable bonds is 5. The van der Waals surface area contributed by atoms with Crippen LogP contribution >= 0.6 is 0 Å². The highest BCUT2D eigenvalue weighted by molar-refractivity contribution is 5.94. The number of hydrazine groups is 1. The first-order valence-corrected chi connectivity index (χ1v) is 6.77. The number of amides is 1. The summed E-state index contributed by atoms with van der Waals surface area (Å²) < 4.78 is 26.5. The van der Waals surface area contributed by atoms with Crippen molar-refractivity contribution in [3.8, 4) is 0 Å². The van der Waals surface area contributed by atoms with Gasteiger partial charge >= 0.3 is 0 Å². The number of nitrogens with one attached hydrogen (secondary N) is 2. The smallest absolute Gasteiger partial charge is 0.268 e. The van der Waals surface area contributed by atoms with Gasteiger partial charge in [-0.3, -0.25) is 10.2 Å². The fourth-order valence-corrected chi connectivity index (χ4v) is 1.91. The minimum absolute atomic E-state index is 0.0261. The second kappa shape index (κ2) is 7.47. The van der Waals surface area contributed by atoms with Crippen molar-refractivity contribution in [1.29, 1.82) is 0 Å². The molecule has 1 amide bonds. The summed E-state index contributed by atoms with van der Waals surface area (Å²) in [7, 11) is 0. The molecule has 0 saturated heterocycles. The molecule has 0 aliphatic carbocycles. The summed E-state index contributed by atoms with van der Waals surface area (Å²) in [4.78, 5) is 11.8. The normalized spacial score (nSPS) is 11.3. The first kappa shape index (κ1) is 15.9. The van der Waals surface area contributed by atoms with Crippen molar-refractivity contribution in [3.63, 3.8) is 0 Å². The van der Waals surface area contributed by atoms with E-state index < -0.39 is 11.7 Å². The second-order valence-electron chi connectivity index (χ2n) is 4.83. The lowest BCUT2D eigenvalue weighted by molar-refractivity contribution is 0.0931. The summed E-state index contributed by atoms with van der Waals surface area (Å²) in [6, 6.07) is 11.9. The van der Waals surface area contributed by atoms with Gasteiger partial charge in [-0.2, -0.15) is 0 Å². The molecule has 0 aliphatic heterocycles. The summed E-state index contributed by atoms with van der Waals surface area (Å²) >= 11 is 0. The lowest BCUT2D eigenvalue weighted by Gasteiger charge is -2.08. The molecule has 0 aromatic heterocycles. The maximum Gasteiger partial charge on any atom is 0.268 e. The standard InChI is InChI=1S/C17H16F2N2O/c1-12(9-13-5-4-6-14(18)10-13)11-20-21-17(22)15-7-2-3-8-16(15)19/h2-10,20H,11H2,1H3,(H,21,22). The molecule has 0 spiro atoms. The molecule has 114 valence electrons. The summed E-state index contributed by atoms with van der Waals surface area (Å²) in [5.41, 5.74) is 6.74. The average molecular weight is 302 g/mol. The van der Waals surface area contributed by atoms with E-state index in [1.807, 2.05) is 6.92 Å². The molecule has 2 N–H and O–H groups in total. The van der Waals surface area contributed by atoms with E-state index in [-0.39, 0.29) is 11.4 Å². The van der Waals surface area contributed by atoms with Crippen molar-refractivity contribution in [2.24, 2.45) is 0 Å². The van der Waals surface area contributed by atoms with Crippen LogP contribution in [-0.4, -0.2) is 12.5 Å². The van der Waals surface area contributed by atoms with Crippen molar-refractivity contribution in [3.05, 3.63) is 76.9 Å². The first-order chi connectivity index (χ1) is 10.6. The van der Waals surface area contributed by atoms with Crippen LogP contribution in [0.4, 0.5) is 8.78 Å². The Morgan fingerprint density at radius 2 is 1.91 bits per heavy atom. The Hall–Kier alpha value is -2.53. The molecule has 0 saturated carbocycles. The number of hydrogen-bond donors (Lipinski definition) is 2. The van der Waals surface area contributed by atoms with Crippen LogP contribution in [0, 0.1) is 11.6 Å². The third-order valence-electron chi connectivity index (χ3n) is 2.95. The van der Waals surface area contributed by atoms with E-state index in [4.69, 9.17) is 0 Å². The quantitative estimate of drug-likeness (QED) is 0.832. The van der Waals surface area contributed by atoms with E-state index in [1.54, 1.807) is 24.3 Å². The van der Waals surface area contributed by atoms with Crippen molar-refractivity contribution in [2.45, 2.75) is 6.92 Å². The lowest BCUT2D eigenvalue weighted by Crippen LogP contribution is -2.38. The van der Waals surface area contributed by atoms with Gasteiger partial charge in [0.2, 0.25) is 0 Å². The zero-order valence-electron chi connectivity index (χ0n) is 12.1. The number of hydrogen-bond acceptors (Lipinski definition) is 2. The fourth-order valence-electron chi connectivity index (χ4n) is 1.91. The van der Waals surface area contributed by atoms with Crippen molar-refractivity contribution < 1.29 is 13.6 Å². The minimum atomic E-state index is -0.575. The average Bonchev–Trinajstić information content (AvgIpc) is 2.47. The first-order valence-electron chi connectivity index (χ1n) is 6.77. The minimum Gasteiger partial charge on any atom is -0.287 e. The van der Waals surface area contributed by atoms with Gasteiger partial charge in [0.05, 0.1) is 5.56 Å². The predicted octanol–water partition coefficient (Wildman–Crippen LogP) is 3.30. The van der Waals surface area contributed by atoms with Gasteiger partial charge in [-0.1, -0.05) is 35.9 Å². The third-order valence-corrected chi connectivity index (χ3v) is 2.95. The van der Waals surface area contributed by atoms with Gasteiger partial charge in [0.25, 0.3) is 5.91 Å². The van der Waals surface area contributed by atoms with Crippen LogP contribution in [0.3, 0.4) is 0 Å². The molecule has 0 atom stereocenters. The Balaban J connectivity index is 1.88. The highest BCUT2D eigenvalue weighted by Crippen LogP contribution is 2.08. The largest absolute Gasteiger partial charge is 0.287 e. The van der Waals surface area contributed by atoms with E-state index in [9.17, 15) is 13.6 Å². The summed E-state index contributed by atoms with van der Waals surface area (Å²) in [6.45, 7) is 2.20. The number of halogens is 2. The molecule has 5 heteroatoms. The van der Waals surface area contributed by atoms with Gasteiger partial charge in [0, 0.05) is 6.54 Å². The predicted molar refractivity (Wildman–Crippen MR) is 81.9 cm³/mol. The van der Waals surface area contributed by atoms with Gasteiger partial charge in [0.1, 0.15) is 11.6 Å². The molecular weight excluding hydrogens is 286 g/mol. The maximum atomic E-state index is 13.4. The molecule has 3 nitrogen and oxygen atoms in total. The van der Waals surface area contributed by atoms with Gasteiger partial charge in [-0.15, -0.1) is 0 Å². The third kappa shape index (κ3) is 4.49. The monoisotopic (exact) mass is 302 g/mol. The number of carbonyl (C=O) groups excluding carboxylic acids is 1. The van der Waals surface area contributed by atoms with Crippen LogP contribution in [-0.2, 0) is 0 Å². The lowest BCUT2D eigenvalue weighted by atomic mass is 10.1. The maximum absolute atomic E-state index is 13.4. The van der Waals surface area contributed by atoms with Crippen molar-refractivity contribution in [2.75, 3.05) is 6.54 Å². The topological polar surface area (TPSA) is 41.1 Å². The Labute approximate surface area is 127 Å². The molecule has 0 unspecified atom stereocenters. The highest BCUT2D eigenvalue weighted by atomic mass is 19.1. The molecule has 0 aliphatic rings. The van der Waals surface area contributed by atoms with E-state index >= 15 is 0 Å².